The smallest absolute Gasteiger partial charge is 0.128 e. The number of nitrogens with one attached hydrogen (secondary N) is 1. The lowest BCUT2D eigenvalue weighted by Gasteiger charge is -2.31. The lowest BCUT2D eigenvalue weighted by molar-refractivity contribution is 0.533. The molecule has 2 atom stereocenters. The first kappa shape index (κ1) is 13.1. The molecule has 0 aromatic heterocycles. The van der Waals surface area contributed by atoms with Crippen molar-refractivity contribution in [2.24, 2.45) is 0 Å². The highest BCUT2D eigenvalue weighted by Crippen LogP contribution is 2.38. The summed E-state index contributed by atoms with van der Waals surface area (Å²) >= 11 is 0. The first-order valence-electron chi connectivity index (χ1n) is 6.95. The minimum absolute atomic E-state index is 0.114. The van der Waals surface area contributed by atoms with Gasteiger partial charge in [-0.3, -0.25) is 0 Å². The van der Waals surface area contributed by atoms with Gasteiger partial charge >= 0.3 is 0 Å². The van der Waals surface area contributed by atoms with E-state index in [4.69, 9.17) is 0 Å². The summed E-state index contributed by atoms with van der Waals surface area (Å²) in [6.45, 7) is 2.22. The lowest BCUT2D eigenvalue weighted by Crippen LogP contribution is -2.19. The Balaban J connectivity index is 1.90. The van der Waals surface area contributed by atoms with Gasteiger partial charge in [-0.15, -0.1) is 0 Å². The average Bonchev–Trinajstić information content (AvgIpc) is 2.41. The van der Waals surface area contributed by atoms with Crippen LogP contribution < -0.4 is 5.32 Å². The SMILES string of the molecule is CC1CCC(Nc2cc(F)cc(F)c2)c2ccccc21. The Morgan fingerprint density at radius 1 is 0.950 bits per heavy atom. The Kier molecular flexibility index (Phi) is 3.43. The largest absolute Gasteiger partial charge is 0.378 e. The van der Waals surface area contributed by atoms with Gasteiger partial charge in [-0.2, -0.15) is 0 Å². The van der Waals surface area contributed by atoms with Gasteiger partial charge in [-0.25, -0.2) is 8.78 Å². The van der Waals surface area contributed by atoms with Gasteiger partial charge in [0.2, 0.25) is 0 Å². The molecular formula is C17H17F2N. The van der Waals surface area contributed by atoms with Crippen LogP contribution in [-0.2, 0) is 0 Å². The zero-order chi connectivity index (χ0) is 14.1. The van der Waals surface area contributed by atoms with Crippen LogP contribution in [0.3, 0.4) is 0 Å². The van der Waals surface area contributed by atoms with Crippen LogP contribution in [-0.4, -0.2) is 0 Å². The van der Waals surface area contributed by atoms with Crippen LogP contribution in [0.1, 0.15) is 42.9 Å². The number of hydrogen-bond donors (Lipinski definition) is 1. The van der Waals surface area contributed by atoms with E-state index in [1.54, 1.807) is 0 Å². The molecule has 2 aromatic carbocycles. The lowest BCUT2D eigenvalue weighted by atomic mass is 9.81. The summed E-state index contributed by atoms with van der Waals surface area (Å²) in [5, 5.41) is 3.26. The Bertz CT molecular complexity index is 604. The van der Waals surface area contributed by atoms with Crippen molar-refractivity contribution in [3.8, 4) is 0 Å². The molecule has 0 radical (unpaired) electrons. The van der Waals surface area contributed by atoms with Crippen LogP contribution >= 0.6 is 0 Å². The molecule has 1 N–H and O–H groups in total. The Hall–Kier alpha value is -1.90. The van der Waals surface area contributed by atoms with E-state index in [1.807, 2.05) is 12.1 Å². The number of anilines is 1. The molecule has 3 heteroatoms. The predicted octanol–water partition coefficient (Wildman–Crippen LogP) is 5.02. The molecular weight excluding hydrogens is 256 g/mol. The van der Waals surface area contributed by atoms with E-state index >= 15 is 0 Å². The van der Waals surface area contributed by atoms with E-state index in [0.29, 0.717) is 11.6 Å². The van der Waals surface area contributed by atoms with Gasteiger partial charge < -0.3 is 5.32 Å². The fourth-order valence-corrected chi connectivity index (χ4v) is 2.99. The average molecular weight is 273 g/mol. The van der Waals surface area contributed by atoms with Gasteiger partial charge in [0.15, 0.2) is 0 Å². The van der Waals surface area contributed by atoms with Crippen molar-refractivity contribution in [2.45, 2.75) is 31.7 Å². The van der Waals surface area contributed by atoms with Gasteiger partial charge in [0.1, 0.15) is 11.6 Å². The second kappa shape index (κ2) is 5.23. The van der Waals surface area contributed by atoms with Gasteiger partial charge in [0.05, 0.1) is 6.04 Å². The monoisotopic (exact) mass is 273 g/mol. The predicted molar refractivity (Wildman–Crippen MR) is 76.8 cm³/mol. The molecule has 0 bridgehead atoms. The molecule has 2 unspecified atom stereocenters. The molecule has 1 aliphatic carbocycles. The van der Waals surface area contributed by atoms with Crippen LogP contribution in [0.15, 0.2) is 42.5 Å². The third kappa shape index (κ3) is 2.53. The first-order chi connectivity index (χ1) is 9.63. The Morgan fingerprint density at radius 2 is 1.60 bits per heavy atom. The molecule has 0 amide bonds. The Labute approximate surface area is 117 Å². The van der Waals surface area contributed by atoms with Crippen molar-refractivity contribution in [3.63, 3.8) is 0 Å². The quantitative estimate of drug-likeness (QED) is 0.810. The molecule has 0 heterocycles. The summed E-state index contributed by atoms with van der Waals surface area (Å²) in [5.74, 6) is -0.566. The molecule has 1 nitrogen and oxygen atoms in total. The molecule has 0 aliphatic heterocycles. The molecule has 20 heavy (non-hydrogen) atoms. The van der Waals surface area contributed by atoms with E-state index in [0.717, 1.165) is 18.9 Å². The third-order valence-electron chi connectivity index (χ3n) is 3.99. The summed E-state index contributed by atoms with van der Waals surface area (Å²) in [7, 11) is 0. The maximum Gasteiger partial charge on any atom is 0.128 e. The van der Waals surface area contributed by atoms with Gasteiger partial charge in [-0.1, -0.05) is 31.2 Å². The highest BCUT2D eigenvalue weighted by molar-refractivity contribution is 5.48. The van der Waals surface area contributed by atoms with Crippen LogP contribution in [0, 0.1) is 11.6 Å². The van der Waals surface area contributed by atoms with Gasteiger partial charge in [0.25, 0.3) is 0 Å². The molecule has 0 spiro atoms. The third-order valence-corrected chi connectivity index (χ3v) is 3.99. The summed E-state index contributed by atoms with van der Waals surface area (Å²) in [6.07, 6.45) is 2.04. The van der Waals surface area contributed by atoms with E-state index in [9.17, 15) is 8.78 Å². The minimum Gasteiger partial charge on any atom is -0.378 e. The van der Waals surface area contributed by atoms with Crippen LogP contribution in [0.5, 0.6) is 0 Å². The molecule has 0 saturated carbocycles. The number of fused-ring (bicyclic) bond motifs is 1. The molecule has 0 saturated heterocycles. The fraction of sp³-hybridized carbons (Fsp3) is 0.294. The summed E-state index contributed by atoms with van der Waals surface area (Å²) in [4.78, 5) is 0. The molecule has 0 fully saturated rings. The van der Waals surface area contributed by atoms with E-state index in [1.165, 1.54) is 23.3 Å². The molecule has 1 aliphatic rings. The van der Waals surface area contributed by atoms with Crippen LogP contribution in [0.2, 0.25) is 0 Å². The van der Waals surface area contributed by atoms with E-state index in [2.05, 4.69) is 24.4 Å². The normalized spacial score (nSPS) is 21.4. The van der Waals surface area contributed by atoms with Crippen molar-refractivity contribution in [3.05, 3.63) is 65.2 Å². The van der Waals surface area contributed by atoms with Gasteiger partial charge in [0, 0.05) is 11.8 Å². The molecule has 3 rings (SSSR count). The number of benzene rings is 2. The molecule has 104 valence electrons. The summed E-state index contributed by atoms with van der Waals surface area (Å²) in [6, 6.07) is 12.0. The van der Waals surface area contributed by atoms with Crippen molar-refractivity contribution < 1.29 is 8.78 Å². The zero-order valence-corrected chi connectivity index (χ0v) is 11.4. The maximum atomic E-state index is 13.3. The summed E-state index contributed by atoms with van der Waals surface area (Å²) in [5.41, 5.74) is 3.06. The zero-order valence-electron chi connectivity index (χ0n) is 11.4. The van der Waals surface area contributed by atoms with Crippen LogP contribution in [0.25, 0.3) is 0 Å². The van der Waals surface area contributed by atoms with Crippen molar-refractivity contribution in [1.29, 1.82) is 0 Å². The maximum absolute atomic E-state index is 13.3. The second-order valence-corrected chi connectivity index (χ2v) is 5.46. The van der Waals surface area contributed by atoms with E-state index < -0.39 is 11.6 Å². The minimum atomic E-state index is -0.551. The van der Waals surface area contributed by atoms with Gasteiger partial charge in [-0.05, 0) is 42.0 Å². The highest BCUT2D eigenvalue weighted by atomic mass is 19.1. The first-order valence-corrected chi connectivity index (χ1v) is 6.95. The number of hydrogen-bond acceptors (Lipinski definition) is 1. The standard InChI is InChI=1S/C17H17F2N/c1-11-6-7-17(16-5-3-2-4-15(11)16)20-14-9-12(18)8-13(19)10-14/h2-5,8-11,17,20H,6-7H2,1H3. The van der Waals surface area contributed by atoms with Crippen LogP contribution in [0.4, 0.5) is 14.5 Å². The Morgan fingerprint density at radius 3 is 2.30 bits per heavy atom. The van der Waals surface area contributed by atoms with Crippen molar-refractivity contribution >= 4 is 5.69 Å². The highest BCUT2D eigenvalue weighted by Gasteiger charge is 2.24. The van der Waals surface area contributed by atoms with E-state index in [-0.39, 0.29) is 6.04 Å². The topological polar surface area (TPSA) is 12.0 Å². The summed E-state index contributed by atoms with van der Waals surface area (Å²) < 4.78 is 26.5. The second-order valence-electron chi connectivity index (χ2n) is 5.46. The molecule has 2 aromatic rings. The van der Waals surface area contributed by atoms with Crippen molar-refractivity contribution in [1.82, 2.24) is 0 Å². The van der Waals surface area contributed by atoms with Crippen molar-refractivity contribution in [2.75, 3.05) is 5.32 Å². The fourth-order valence-electron chi connectivity index (χ4n) is 2.99. The number of halogens is 2. The number of rotatable bonds is 2.